The van der Waals surface area contributed by atoms with E-state index in [9.17, 15) is 0 Å². The highest BCUT2D eigenvalue weighted by atomic mass is 14.9. The minimum Gasteiger partial charge on any atom is -0.387 e. The summed E-state index contributed by atoms with van der Waals surface area (Å²) in [5, 5.41) is 7.75. The van der Waals surface area contributed by atoms with Crippen molar-refractivity contribution in [3.63, 3.8) is 0 Å². The lowest BCUT2D eigenvalue weighted by atomic mass is 9.88. The summed E-state index contributed by atoms with van der Waals surface area (Å²) >= 11 is 0. The summed E-state index contributed by atoms with van der Waals surface area (Å²) in [7, 11) is 0. The highest BCUT2D eigenvalue weighted by Crippen LogP contribution is 2.24. The molecule has 0 aromatic carbocycles. The van der Waals surface area contributed by atoms with Gasteiger partial charge in [-0.25, -0.2) is 4.99 Å². The second-order valence-corrected chi connectivity index (χ2v) is 3.68. The van der Waals surface area contributed by atoms with E-state index in [2.05, 4.69) is 4.99 Å². The van der Waals surface area contributed by atoms with Crippen LogP contribution in [0.2, 0.25) is 0 Å². The highest BCUT2D eigenvalue weighted by Gasteiger charge is 2.17. The molecule has 0 saturated heterocycles. The zero-order valence-electron chi connectivity index (χ0n) is 8.34. The highest BCUT2D eigenvalue weighted by molar-refractivity contribution is 5.95. The molecule has 3 heteroatoms. The Morgan fingerprint density at radius 2 is 2.00 bits per heavy atom. The maximum absolute atomic E-state index is 7.75. The fourth-order valence-corrected chi connectivity index (χ4v) is 1.70. The number of nitrogens with two attached hydrogens (primary N) is 1. The number of nitrogens with one attached hydrogen (secondary N) is 1. The smallest absolute Gasteiger partial charge is 0.125 e. The van der Waals surface area contributed by atoms with Gasteiger partial charge < -0.3 is 5.73 Å². The van der Waals surface area contributed by atoms with Gasteiger partial charge in [-0.05, 0) is 12.8 Å². The average molecular weight is 181 g/mol. The van der Waals surface area contributed by atoms with Gasteiger partial charge in [0.25, 0.3) is 0 Å². The molecular formula is C10H19N3. The van der Waals surface area contributed by atoms with Gasteiger partial charge >= 0.3 is 0 Å². The molecule has 0 heterocycles. The van der Waals surface area contributed by atoms with E-state index in [1.807, 2.05) is 6.92 Å². The van der Waals surface area contributed by atoms with E-state index in [0.717, 1.165) is 19.3 Å². The van der Waals surface area contributed by atoms with Crippen LogP contribution in [0.15, 0.2) is 4.99 Å². The van der Waals surface area contributed by atoms with Crippen molar-refractivity contribution < 1.29 is 0 Å². The topological polar surface area (TPSA) is 62.2 Å². The van der Waals surface area contributed by atoms with E-state index in [0.29, 0.717) is 17.6 Å². The first-order chi connectivity index (χ1) is 6.24. The van der Waals surface area contributed by atoms with E-state index in [-0.39, 0.29) is 0 Å². The molecule has 74 valence electrons. The summed E-state index contributed by atoms with van der Waals surface area (Å²) in [5.74, 6) is 1.47. The summed E-state index contributed by atoms with van der Waals surface area (Å²) < 4.78 is 0. The Bertz CT molecular complexity index is 202. The van der Waals surface area contributed by atoms with Crippen LogP contribution in [0.1, 0.15) is 45.4 Å². The molecular weight excluding hydrogens is 162 g/mol. The van der Waals surface area contributed by atoms with Crippen LogP contribution in [0.5, 0.6) is 0 Å². The van der Waals surface area contributed by atoms with Crippen molar-refractivity contribution in [3.05, 3.63) is 0 Å². The van der Waals surface area contributed by atoms with E-state index in [1.54, 1.807) is 0 Å². The predicted octanol–water partition coefficient (Wildman–Crippen LogP) is 2.31. The van der Waals surface area contributed by atoms with E-state index in [4.69, 9.17) is 11.1 Å². The summed E-state index contributed by atoms with van der Waals surface area (Å²) in [5.41, 5.74) is 5.59. The number of hydrogen-bond acceptors (Lipinski definition) is 1. The van der Waals surface area contributed by atoms with Gasteiger partial charge in [0.05, 0.1) is 0 Å². The van der Waals surface area contributed by atoms with Crippen molar-refractivity contribution in [2.75, 3.05) is 0 Å². The summed E-state index contributed by atoms with van der Waals surface area (Å²) in [6, 6.07) is 0. The summed E-state index contributed by atoms with van der Waals surface area (Å²) in [6.45, 7) is 1.97. The average Bonchev–Trinajstić information content (AvgIpc) is 2.19. The molecule has 0 unspecified atom stereocenters. The lowest BCUT2D eigenvalue weighted by Crippen LogP contribution is -2.19. The predicted molar refractivity (Wildman–Crippen MR) is 56.2 cm³/mol. The first-order valence-corrected chi connectivity index (χ1v) is 5.15. The van der Waals surface area contributed by atoms with Gasteiger partial charge in [0.1, 0.15) is 11.7 Å². The molecule has 0 spiro atoms. The van der Waals surface area contributed by atoms with Gasteiger partial charge in [-0.2, -0.15) is 0 Å². The first kappa shape index (κ1) is 10.2. The van der Waals surface area contributed by atoms with Crippen LogP contribution in [0.4, 0.5) is 0 Å². The molecule has 1 aliphatic carbocycles. The fourth-order valence-electron chi connectivity index (χ4n) is 1.70. The second-order valence-electron chi connectivity index (χ2n) is 3.68. The van der Waals surface area contributed by atoms with Crippen LogP contribution in [0.25, 0.3) is 0 Å². The molecule has 13 heavy (non-hydrogen) atoms. The molecule has 0 aromatic heterocycles. The van der Waals surface area contributed by atoms with Crippen molar-refractivity contribution in [3.8, 4) is 0 Å². The number of nitrogens with zero attached hydrogens (tertiary/aromatic N) is 1. The minimum atomic E-state index is 0.374. The van der Waals surface area contributed by atoms with Crippen LogP contribution in [0, 0.1) is 11.3 Å². The molecule has 3 N–H and O–H groups in total. The quantitative estimate of drug-likeness (QED) is 0.498. The Balaban J connectivity index is 2.46. The third kappa shape index (κ3) is 3.17. The zero-order chi connectivity index (χ0) is 9.68. The maximum Gasteiger partial charge on any atom is 0.125 e. The molecule has 0 atom stereocenters. The van der Waals surface area contributed by atoms with Crippen molar-refractivity contribution in [2.24, 2.45) is 16.6 Å². The Hall–Kier alpha value is -0.860. The zero-order valence-corrected chi connectivity index (χ0v) is 8.34. The van der Waals surface area contributed by atoms with E-state index in [1.165, 1.54) is 19.3 Å². The summed E-state index contributed by atoms with van der Waals surface area (Å²) in [4.78, 5) is 4.10. The molecule has 0 radical (unpaired) electrons. The first-order valence-electron chi connectivity index (χ1n) is 5.15. The number of amidine groups is 2. The fraction of sp³-hybridized carbons (Fsp3) is 0.800. The van der Waals surface area contributed by atoms with Crippen LogP contribution >= 0.6 is 0 Å². The SMILES string of the molecule is CCC(N)=NC(=N)C1CCCCC1. The third-order valence-electron chi connectivity index (χ3n) is 2.62. The number of rotatable bonds is 2. The van der Waals surface area contributed by atoms with Crippen LogP contribution < -0.4 is 5.73 Å². The molecule has 1 fully saturated rings. The molecule has 3 nitrogen and oxygen atoms in total. The third-order valence-corrected chi connectivity index (χ3v) is 2.62. The maximum atomic E-state index is 7.75. The van der Waals surface area contributed by atoms with Crippen molar-refractivity contribution >= 4 is 11.7 Å². The standard InChI is InChI=1S/C10H19N3/c1-2-9(11)13-10(12)8-6-4-3-5-7-8/h8H,2-7H2,1H3,(H3,11,12,13). The van der Waals surface area contributed by atoms with Gasteiger partial charge in [0.15, 0.2) is 0 Å². The molecule has 1 aliphatic rings. The molecule has 1 rings (SSSR count). The van der Waals surface area contributed by atoms with Gasteiger partial charge in [0, 0.05) is 12.3 Å². The Morgan fingerprint density at radius 3 is 2.54 bits per heavy atom. The molecule has 0 bridgehead atoms. The lowest BCUT2D eigenvalue weighted by Gasteiger charge is -2.20. The Morgan fingerprint density at radius 1 is 1.38 bits per heavy atom. The van der Waals surface area contributed by atoms with Crippen LogP contribution in [-0.4, -0.2) is 11.7 Å². The van der Waals surface area contributed by atoms with Crippen molar-refractivity contribution in [2.45, 2.75) is 45.4 Å². The Labute approximate surface area is 79.9 Å². The second kappa shape index (κ2) is 5.00. The van der Waals surface area contributed by atoms with Crippen LogP contribution in [0.3, 0.4) is 0 Å². The monoisotopic (exact) mass is 181 g/mol. The lowest BCUT2D eigenvalue weighted by molar-refractivity contribution is 0.436. The minimum absolute atomic E-state index is 0.374. The van der Waals surface area contributed by atoms with Crippen molar-refractivity contribution in [1.82, 2.24) is 0 Å². The van der Waals surface area contributed by atoms with Crippen molar-refractivity contribution in [1.29, 1.82) is 5.41 Å². The van der Waals surface area contributed by atoms with E-state index < -0.39 is 0 Å². The molecule has 1 saturated carbocycles. The normalized spacial score (nSPS) is 20.2. The number of hydrogen-bond donors (Lipinski definition) is 2. The van der Waals surface area contributed by atoms with Gasteiger partial charge in [0.2, 0.25) is 0 Å². The van der Waals surface area contributed by atoms with Gasteiger partial charge in [-0.3, -0.25) is 5.41 Å². The van der Waals surface area contributed by atoms with E-state index >= 15 is 0 Å². The van der Waals surface area contributed by atoms with Gasteiger partial charge in [-0.1, -0.05) is 26.2 Å². The molecule has 0 amide bonds. The van der Waals surface area contributed by atoms with Crippen LogP contribution in [-0.2, 0) is 0 Å². The number of aliphatic imine (C=N–C) groups is 1. The summed E-state index contributed by atoms with van der Waals surface area (Å²) in [6.07, 6.45) is 6.80. The molecule has 0 aromatic rings. The molecule has 0 aliphatic heterocycles. The van der Waals surface area contributed by atoms with Gasteiger partial charge in [-0.15, -0.1) is 0 Å². The Kier molecular flexibility index (Phi) is 3.93. The largest absolute Gasteiger partial charge is 0.387 e.